The Morgan fingerprint density at radius 1 is 1.11 bits per heavy atom. The van der Waals surface area contributed by atoms with Crippen molar-refractivity contribution in [2.45, 2.75) is 45.1 Å². The lowest BCUT2D eigenvalue weighted by molar-refractivity contribution is 0.0933. The summed E-state index contributed by atoms with van der Waals surface area (Å²) in [5.74, 6) is 0.606. The lowest BCUT2D eigenvalue weighted by Crippen LogP contribution is -2.48. The van der Waals surface area contributed by atoms with Crippen molar-refractivity contribution in [2.75, 3.05) is 43.6 Å². The number of nitrogens with zero attached hydrogens (tertiary/aromatic N) is 3. The molecule has 3 aromatic rings. The number of anilines is 3. The second kappa shape index (κ2) is 12.2. The molecule has 1 fully saturated rings. The minimum absolute atomic E-state index is 0.0240. The maximum atomic E-state index is 14.8. The molecule has 4 rings (SSSR count). The third kappa shape index (κ3) is 7.19. The Kier molecular flexibility index (Phi) is 8.78. The monoisotopic (exact) mass is 521 g/mol. The van der Waals surface area contributed by atoms with E-state index in [4.69, 9.17) is 9.47 Å². The normalized spacial score (nSPS) is 15.7. The topological polar surface area (TPSA) is 88.6 Å². The maximum Gasteiger partial charge on any atom is 0.251 e. The summed E-state index contributed by atoms with van der Waals surface area (Å²) < 4.78 is 25.3. The van der Waals surface area contributed by atoms with Crippen molar-refractivity contribution in [1.29, 1.82) is 0 Å². The van der Waals surface area contributed by atoms with E-state index in [1.165, 1.54) is 11.8 Å². The van der Waals surface area contributed by atoms with Crippen molar-refractivity contribution >= 4 is 23.4 Å². The molecular formula is C29H36FN5O3. The minimum Gasteiger partial charge on any atom is -0.491 e. The minimum atomic E-state index is -0.498. The van der Waals surface area contributed by atoms with Crippen LogP contribution in [0.25, 0.3) is 0 Å². The molecular weight excluding hydrogens is 485 g/mol. The first-order chi connectivity index (χ1) is 18.2. The van der Waals surface area contributed by atoms with Gasteiger partial charge in [-0.1, -0.05) is 32.9 Å². The first-order valence-electron chi connectivity index (χ1n) is 12.9. The van der Waals surface area contributed by atoms with Crippen LogP contribution in [0.1, 0.15) is 49.5 Å². The van der Waals surface area contributed by atoms with E-state index < -0.39 is 5.82 Å². The van der Waals surface area contributed by atoms with Crippen LogP contribution in [-0.2, 0) is 10.2 Å². The molecule has 2 aromatic carbocycles. The van der Waals surface area contributed by atoms with Crippen molar-refractivity contribution in [1.82, 2.24) is 15.3 Å². The highest BCUT2D eigenvalue weighted by molar-refractivity contribution is 5.94. The van der Waals surface area contributed by atoms with Crippen molar-refractivity contribution in [3.05, 3.63) is 71.7 Å². The van der Waals surface area contributed by atoms with Crippen LogP contribution in [0, 0.1) is 5.82 Å². The summed E-state index contributed by atoms with van der Waals surface area (Å²) in [6.45, 7) is 8.51. The van der Waals surface area contributed by atoms with Crippen LogP contribution in [0.3, 0.4) is 0 Å². The average Bonchev–Trinajstić information content (AvgIpc) is 2.90. The first kappa shape index (κ1) is 27.3. The van der Waals surface area contributed by atoms with Crippen LogP contribution in [-0.4, -0.2) is 55.3 Å². The SMILES string of the molecule is COCCOc1ccc(Nc2ncc(F)c(N3CCCC(NC(=O)c4ccc(C(C)(C)C)cc4)C3)n2)cc1. The molecule has 38 heavy (non-hydrogen) atoms. The van der Waals surface area contributed by atoms with Gasteiger partial charge in [0, 0.05) is 37.5 Å². The van der Waals surface area contributed by atoms with Crippen LogP contribution >= 0.6 is 0 Å². The van der Waals surface area contributed by atoms with Crippen molar-refractivity contribution in [3.63, 3.8) is 0 Å². The van der Waals surface area contributed by atoms with Crippen molar-refractivity contribution in [2.24, 2.45) is 0 Å². The summed E-state index contributed by atoms with van der Waals surface area (Å²) in [5.41, 5.74) is 2.57. The molecule has 1 unspecified atom stereocenters. The van der Waals surface area contributed by atoms with Crippen molar-refractivity contribution in [3.8, 4) is 5.75 Å². The highest BCUT2D eigenvalue weighted by Crippen LogP contribution is 2.25. The molecule has 9 heteroatoms. The molecule has 0 spiro atoms. The standard InChI is InChI=1S/C29H36FN5O3/c1-29(2,3)21-9-7-20(8-10-21)27(36)32-23-6-5-15-35(19-23)26-25(30)18-31-28(34-26)33-22-11-13-24(14-12-22)38-17-16-37-4/h7-14,18,23H,5-6,15-17,19H2,1-4H3,(H,32,36)(H,31,33,34). The summed E-state index contributed by atoms with van der Waals surface area (Å²) in [6, 6.07) is 14.9. The number of benzene rings is 2. The fraction of sp³-hybridized carbons (Fsp3) is 0.414. The zero-order valence-electron chi connectivity index (χ0n) is 22.5. The first-order valence-corrected chi connectivity index (χ1v) is 12.9. The van der Waals surface area contributed by atoms with Gasteiger partial charge in [0.15, 0.2) is 11.6 Å². The van der Waals surface area contributed by atoms with Crippen LogP contribution < -0.4 is 20.3 Å². The molecule has 1 aromatic heterocycles. The van der Waals surface area contributed by atoms with E-state index in [9.17, 15) is 9.18 Å². The number of carbonyl (C=O) groups excluding carboxylic acids is 1. The zero-order valence-corrected chi connectivity index (χ0v) is 22.5. The summed E-state index contributed by atoms with van der Waals surface area (Å²) in [4.78, 5) is 23.3. The Morgan fingerprint density at radius 2 is 1.84 bits per heavy atom. The van der Waals surface area contributed by atoms with Gasteiger partial charge in [-0.25, -0.2) is 9.37 Å². The highest BCUT2D eigenvalue weighted by Gasteiger charge is 2.25. The quantitative estimate of drug-likeness (QED) is 0.380. The number of aromatic nitrogens is 2. The third-order valence-corrected chi connectivity index (χ3v) is 6.46. The molecule has 1 aliphatic heterocycles. The lowest BCUT2D eigenvalue weighted by atomic mass is 9.86. The Labute approximate surface area is 223 Å². The number of hydrogen-bond acceptors (Lipinski definition) is 7. The number of ether oxygens (including phenoxy) is 2. The smallest absolute Gasteiger partial charge is 0.251 e. The van der Waals surface area contributed by atoms with Gasteiger partial charge in [0.2, 0.25) is 5.95 Å². The summed E-state index contributed by atoms with van der Waals surface area (Å²) in [7, 11) is 1.63. The Morgan fingerprint density at radius 3 is 2.53 bits per heavy atom. The number of methoxy groups -OCH3 is 1. The van der Waals surface area contributed by atoms with Gasteiger partial charge in [0.25, 0.3) is 5.91 Å². The highest BCUT2D eigenvalue weighted by atomic mass is 19.1. The predicted molar refractivity (Wildman–Crippen MR) is 147 cm³/mol. The zero-order chi connectivity index (χ0) is 27.1. The molecule has 0 saturated carbocycles. The molecule has 1 amide bonds. The van der Waals surface area contributed by atoms with E-state index in [1.807, 2.05) is 53.4 Å². The molecule has 2 heterocycles. The number of amides is 1. The molecule has 0 aliphatic carbocycles. The van der Waals surface area contributed by atoms with Gasteiger partial charge in [0.1, 0.15) is 12.4 Å². The summed E-state index contributed by atoms with van der Waals surface area (Å²) in [6.07, 6.45) is 2.80. The van der Waals surface area contributed by atoms with Crippen LogP contribution in [0.5, 0.6) is 5.75 Å². The Hall–Kier alpha value is -3.72. The fourth-order valence-corrected chi connectivity index (χ4v) is 4.32. The van der Waals surface area contributed by atoms with Gasteiger partial charge in [-0.15, -0.1) is 0 Å². The van der Waals surface area contributed by atoms with Gasteiger partial charge in [-0.05, 0) is 60.2 Å². The fourth-order valence-electron chi connectivity index (χ4n) is 4.32. The van der Waals surface area contributed by atoms with Gasteiger partial charge in [-0.3, -0.25) is 4.79 Å². The number of halogens is 1. The van der Waals surface area contributed by atoms with Crippen LogP contribution in [0.15, 0.2) is 54.7 Å². The summed E-state index contributed by atoms with van der Waals surface area (Å²) in [5, 5.41) is 6.23. The largest absolute Gasteiger partial charge is 0.491 e. The molecule has 202 valence electrons. The molecule has 1 saturated heterocycles. The Balaban J connectivity index is 1.38. The number of carbonyl (C=O) groups is 1. The number of hydrogen-bond donors (Lipinski definition) is 2. The second-order valence-electron chi connectivity index (χ2n) is 10.4. The summed E-state index contributed by atoms with van der Waals surface area (Å²) >= 11 is 0. The number of rotatable bonds is 9. The van der Waals surface area contributed by atoms with Gasteiger partial charge in [0.05, 0.1) is 12.8 Å². The van der Waals surface area contributed by atoms with Gasteiger partial charge < -0.3 is 25.0 Å². The van der Waals surface area contributed by atoms with Gasteiger partial charge in [-0.2, -0.15) is 4.98 Å². The van der Waals surface area contributed by atoms with E-state index in [-0.39, 0.29) is 23.2 Å². The van der Waals surface area contributed by atoms with Crippen LogP contribution in [0.4, 0.5) is 21.8 Å². The second-order valence-corrected chi connectivity index (χ2v) is 10.4. The van der Waals surface area contributed by atoms with E-state index in [2.05, 4.69) is 41.4 Å². The van der Waals surface area contributed by atoms with Gasteiger partial charge >= 0.3 is 0 Å². The van der Waals surface area contributed by atoms with E-state index in [0.717, 1.165) is 24.3 Å². The van der Waals surface area contributed by atoms with Crippen molar-refractivity contribution < 1.29 is 18.7 Å². The molecule has 2 N–H and O–H groups in total. The predicted octanol–water partition coefficient (Wildman–Crippen LogP) is 5.08. The molecule has 0 bridgehead atoms. The molecule has 0 radical (unpaired) electrons. The molecule has 1 atom stereocenters. The van der Waals surface area contributed by atoms with Crippen LogP contribution in [0.2, 0.25) is 0 Å². The van der Waals surface area contributed by atoms with E-state index in [0.29, 0.717) is 37.8 Å². The number of nitrogens with one attached hydrogen (secondary N) is 2. The molecule has 1 aliphatic rings. The number of piperidine rings is 1. The Bertz CT molecular complexity index is 1210. The average molecular weight is 522 g/mol. The van der Waals surface area contributed by atoms with E-state index >= 15 is 0 Å². The van der Waals surface area contributed by atoms with E-state index in [1.54, 1.807) is 7.11 Å². The maximum absolute atomic E-state index is 14.8. The molecule has 8 nitrogen and oxygen atoms in total. The third-order valence-electron chi connectivity index (χ3n) is 6.46. The lowest BCUT2D eigenvalue weighted by Gasteiger charge is -2.34.